The highest BCUT2D eigenvalue weighted by Gasteiger charge is 2.18. The van der Waals surface area contributed by atoms with Crippen LogP contribution in [0.3, 0.4) is 0 Å². The number of carbonyl (C=O) groups is 1. The summed E-state index contributed by atoms with van der Waals surface area (Å²) in [5.41, 5.74) is 0.642. The average molecular weight is 333 g/mol. The summed E-state index contributed by atoms with van der Waals surface area (Å²) in [4.78, 5) is 22.0. The van der Waals surface area contributed by atoms with E-state index in [0.29, 0.717) is 11.3 Å². The summed E-state index contributed by atoms with van der Waals surface area (Å²) in [6.45, 7) is 1.62. The Bertz CT molecular complexity index is 704. The second-order valence-corrected chi connectivity index (χ2v) is 5.66. The van der Waals surface area contributed by atoms with E-state index in [1.54, 1.807) is 6.92 Å². The highest BCUT2D eigenvalue weighted by atomic mass is 35.5. The van der Waals surface area contributed by atoms with Crippen molar-refractivity contribution in [3.05, 3.63) is 42.3 Å². The zero-order chi connectivity index (χ0) is 14.9. The molecule has 20 heavy (non-hydrogen) atoms. The van der Waals surface area contributed by atoms with Crippen LogP contribution in [-0.2, 0) is 0 Å². The molecule has 1 aromatic heterocycles. The van der Waals surface area contributed by atoms with E-state index < -0.39 is 10.8 Å². The van der Waals surface area contributed by atoms with Crippen molar-refractivity contribution in [2.45, 2.75) is 6.92 Å². The number of amides is 1. The first kappa shape index (κ1) is 14.6. The van der Waals surface area contributed by atoms with Gasteiger partial charge in [-0.15, -0.1) is 10.2 Å². The lowest BCUT2D eigenvalue weighted by Gasteiger charge is -2.07. The number of nitrogens with one attached hydrogen (secondary N) is 1. The fourth-order valence-electron chi connectivity index (χ4n) is 1.41. The molecule has 2 aromatic rings. The van der Waals surface area contributed by atoms with Crippen LogP contribution in [0.2, 0.25) is 9.49 Å². The normalized spacial score (nSPS) is 10.3. The maximum atomic E-state index is 11.9. The number of hydrogen-bond acceptors (Lipinski definition) is 6. The molecule has 10 heteroatoms. The maximum absolute atomic E-state index is 11.9. The lowest BCUT2D eigenvalue weighted by Crippen LogP contribution is -2.12. The standard InChI is InChI=1S/C10H6Cl2N4O3S/c1-4-2-7(16(18)19)5(11)3-6(4)13-8(17)9-14-15-10(12)20-9/h2-3H,1H3,(H,13,17). The molecule has 0 fully saturated rings. The van der Waals surface area contributed by atoms with Gasteiger partial charge in [-0.1, -0.05) is 22.9 Å². The van der Waals surface area contributed by atoms with E-state index in [4.69, 9.17) is 23.2 Å². The molecule has 0 saturated carbocycles. The largest absolute Gasteiger partial charge is 0.320 e. The number of nitrogens with zero attached hydrogens (tertiary/aromatic N) is 3. The van der Waals surface area contributed by atoms with E-state index in [1.807, 2.05) is 0 Å². The van der Waals surface area contributed by atoms with Gasteiger partial charge in [0.1, 0.15) is 5.02 Å². The second kappa shape index (κ2) is 5.70. The van der Waals surface area contributed by atoms with Crippen molar-refractivity contribution in [2.24, 2.45) is 0 Å². The van der Waals surface area contributed by atoms with Crippen LogP contribution in [0.4, 0.5) is 11.4 Å². The van der Waals surface area contributed by atoms with Crippen molar-refractivity contribution in [3.63, 3.8) is 0 Å². The summed E-state index contributed by atoms with van der Waals surface area (Å²) < 4.78 is 0.147. The fourth-order valence-corrected chi connectivity index (χ4v) is 2.37. The van der Waals surface area contributed by atoms with E-state index in [9.17, 15) is 14.9 Å². The smallest absolute Gasteiger partial charge is 0.288 e. The molecule has 0 spiro atoms. The molecular weight excluding hydrogens is 327 g/mol. The number of nitro benzene ring substituents is 1. The second-order valence-electron chi connectivity index (χ2n) is 3.69. The van der Waals surface area contributed by atoms with Crippen molar-refractivity contribution >= 4 is 51.8 Å². The van der Waals surface area contributed by atoms with Gasteiger partial charge < -0.3 is 5.32 Å². The van der Waals surface area contributed by atoms with Gasteiger partial charge in [-0.3, -0.25) is 14.9 Å². The Kier molecular flexibility index (Phi) is 4.17. The molecule has 0 saturated heterocycles. The number of carbonyl (C=O) groups excluding carboxylic acids is 1. The van der Waals surface area contributed by atoms with E-state index in [0.717, 1.165) is 11.3 Å². The van der Waals surface area contributed by atoms with Crippen LogP contribution >= 0.6 is 34.5 Å². The first-order valence-corrected chi connectivity index (χ1v) is 6.70. The first-order valence-electron chi connectivity index (χ1n) is 5.13. The van der Waals surface area contributed by atoms with E-state index >= 15 is 0 Å². The lowest BCUT2D eigenvalue weighted by atomic mass is 10.2. The Morgan fingerprint density at radius 2 is 2.10 bits per heavy atom. The number of halogens is 2. The van der Waals surface area contributed by atoms with Crippen LogP contribution in [0.1, 0.15) is 15.4 Å². The van der Waals surface area contributed by atoms with Gasteiger partial charge in [0, 0.05) is 11.8 Å². The van der Waals surface area contributed by atoms with Gasteiger partial charge in [0.2, 0.25) is 9.47 Å². The van der Waals surface area contributed by atoms with Crippen molar-refractivity contribution in [2.75, 3.05) is 5.32 Å². The van der Waals surface area contributed by atoms with E-state index in [2.05, 4.69) is 15.5 Å². The summed E-state index contributed by atoms with van der Waals surface area (Å²) >= 11 is 12.3. The van der Waals surface area contributed by atoms with Gasteiger partial charge in [-0.05, 0) is 30.2 Å². The monoisotopic (exact) mass is 332 g/mol. The molecule has 0 unspecified atom stereocenters. The molecule has 2 rings (SSSR count). The third-order valence-electron chi connectivity index (χ3n) is 2.33. The first-order chi connectivity index (χ1) is 9.38. The van der Waals surface area contributed by atoms with Crippen LogP contribution in [0.25, 0.3) is 0 Å². The van der Waals surface area contributed by atoms with Gasteiger partial charge >= 0.3 is 0 Å². The number of rotatable bonds is 3. The number of aromatic nitrogens is 2. The molecule has 1 aromatic carbocycles. The van der Waals surface area contributed by atoms with Crippen LogP contribution in [0, 0.1) is 17.0 Å². The molecule has 0 aliphatic heterocycles. The predicted molar refractivity (Wildman–Crippen MR) is 75.7 cm³/mol. The van der Waals surface area contributed by atoms with Gasteiger partial charge in [-0.25, -0.2) is 0 Å². The highest BCUT2D eigenvalue weighted by Crippen LogP contribution is 2.30. The van der Waals surface area contributed by atoms with Crippen LogP contribution in [0.5, 0.6) is 0 Å². The number of hydrogen-bond donors (Lipinski definition) is 1. The molecule has 0 aliphatic rings. The molecule has 7 nitrogen and oxygen atoms in total. The molecule has 0 atom stereocenters. The van der Waals surface area contributed by atoms with Crippen molar-refractivity contribution in [1.29, 1.82) is 0 Å². The van der Waals surface area contributed by atoms with E-state index in [1.165, 1.54) is 12.1 Å². The fraction of sp³-hybridized carbons (Fsp3) is 0.100. The van der Waals surface area contributed by atoms with Crippen molar-refractivity contribution < 1.29 is 9.72 Å². The molecule has 0 aliphatic carbocycles. The summed E-state index contributed by atoms with van der Waals surface area (Å²) in [7, 11) is 0. The molecule has 1 heterocycles. The van der Waals surface area contributed by atoms with Gasteiger partial charge in [-0.2, -0.15) is 0 Å². The Balaban J connectivity index is 2.28. The number of benzene rings is 1. The minimum absolute atomic E-state index is 0.0637. The van der Waals surface area contributed by atoms with E-state index in [-0.39, 0.29) is 20.2 Å². The summed E-state index contributed by atoms with van der Waals surface area (Å²) in [6, 6.07) is 2.60. The Morgan fingerprint density at radius 3 is 2.65 bits per heavy atom. The average Bonchev–Trinajstić information content (AvgIpc) is 2.79. The molecule has 104 valence electrons. The molecule has 0 bridgehead atoms. The SMILES string of the molecule is Cc1cc([N+](=O)[O-])c(Cl)cc1NC(=O)c1nnc(Cl)s1. The zero-order valence-electron chi connectivity index (χ0n) is 9.89. The Hall–Kier alpha value is -1.77. The summed E-state index contributed by atoms with van der Waals surface area (Å²) in [5, 5.41) is 20.4. The minimum Gasteiger partial charge on any atom is -0.320 e. The number of aryl methyl sites for hydroxylation is 1. The summed E-state index contributed by atoms with van der Waals surface area (Å²) in [5.74, 6) is -0.512. The summed E-state index contributed by atoms with van der Waals surface area (Å²) in [6.07, 6.45) is 0. The van der Waals surface area contributed by atoms with Gasteiger partial charge in [0.25, 0.3) is 11.6 Å². The van der Waals surface area contributed by atoms with Gasteiger partial charge in [0.15, 0.2) is 0 Å². The molecule has 1 amide bonds. The highest BCUT2D eigenvalue weighted by molar-refractivity contribution is 7.17. The van der Waals surface area contributed by atoms with Crippen LogP contribution in [0.15, 0.2) is 12.1 Å². The molecular formula is C10H6Cl2N4O3S. The zero-order valence-corrected chi connectivity index (χ0v) is 12.2. The van der Waals surface area contributed by atoms with Crippen molar-refractivity contribution in [3.8, 4) is 0 Å². The quantitative estimate of drug-likeness (QED) is 0.686. The third kappa shape index (κ3) is 3.03. The molecule has 1 N–H and O–H groups in total. The van der Waals surface area contributed by atoms with Crippen molar-refractivity contribution in [1.82, 2.24) is 10.2 Å². The minimum atomic E-state index is -0.592. The van der Waals surface area contributed by atoms with Crippen LogP contribution in [-0.4, -0.2) is 21.0 Å². The van der Waals surface area contributed by atoms with Crippen LogP contribution < -0.4 is 5.32 Å². The Labute approximate surface area is 126 Å². The Morgan fingerprint density at radius 1 is 1.40 bits per heavy atom. The predicted octanol–water partition coefficient (Wildman–Crippen LogP) is 3.31. The number of nitro groups is 1. The molecule has 0 radical (unpaired) electrons. The van der Waals surface area contributed by atoms with Gasteiger partial charge in [0.05, 0.1) is 4.92 Å². The maximum Gasteiger partial charge on any atom is 0.288 e. The lowest BCUT2D eigenvalue weighted by molar-refractivity contribution is -0.384. The number of anilines is 1. The topological polar surface area (TPSA) is 98.0 Å². The third-order valence-corrected chi connectivity index (χ3v) is 3.65.